The van der Waals surface area contributed by atoms with Crippen molar-refractivity contribution in [1.82, 2.24) is 4.98 Å². The van der Waals surface area contributed by atoms with E-state index in [0.717, 1.165) is 0 Å². The van der Waals surface area contributed by atoms with Gasteiger partial charge in [0.15, 0.2) is 22.8 Å². The van der Waals surface area contributed by atoms with Gasteiger partial charge in [-0.1, -0.05) is 0 Å². The molecule has 1 N–H and O–H groups in total. The summed E-state index contributed by atoms with van der Waals surface area (Å²) in [5.41, 5.74) is 0.454. The van der Waals surface area contributed by atoms with Crippen LogP contribution >= 0.6 is 0 Å². The van der Waals surface area contributed by atoms with Gasteiger partial charge >= 0.3 is 0 Å². The molecule has 0 spiro atoms. The number of aromatic amines is 1. The number of hydrogen-bond acceptors (Lipinski definition) is 4. The van der Waals surface area contributed by atoms with E-state index in [0.29, 0.717) is 28.3 Å². The monoisotopic (exact) mass is 263 g/mol. The molecule has 0 amide bonds. The van der Waals surface area contributed by atoms with Gasteiger partial charge in [0.25, 0.3) is 0 Å². The Balaban J connectivity index is 2.72. The second-order valence-electron chi connectivity index (χ2n) is 4.39. The summed E-state index contributed by atoms with van der Waals surface area (Å²) in [7, 11) is 3.09. The van der Waals surface area contributed by atoms with Crippen LogP contribution in [0, 0.1) is 0 Å². The summed E-state index contributed by atoms with van der Waals surface area (Å²) in [5, 5.41) is 0.536. The predicted octanol–water partition coefficient (Wildman–Crippen LogP) is 2.33. The molecule has 0 aliphatic carbocycles. The Morgan fingerprint density at radius 2 is 1.89 bits per heavy atom. The average molecular weight is 263 g/mol. The van der Waals surface area contributed by atoms with Gasteiger partial charge in [-0.15, -0.1) is 0 Å². The van der Waals surface area contributed by atoms with Gasteiger partial charge < -0.3 is 19.2 Å². The number of aromatic nitrogens is 1. The molecule has 102 valence electrons. The molecule has 1 aromatic heterocycles. The summed E-state index contributed by atoms with van der Waals surface area (Å²) >= 11 is 0. The quantitative estimate of drug-likeness (QED) is 0.919. The third kappa shape index (κ3) is 2.50. The molecule has 0 saturated heterocycles. The first-order valence-electron chi connectivity index (χ1n) is 6.01. The third-order valence-electron chi connectivity index (χ3n) is 2.68. The molecular weight excluding hydrogens is 246 g/mol. The van der Waals surface area contributed by atoms with Crippen molar-refractivity contribution < 1.29 is 14.2 Å². The van der Waals surface area contributed by atoms with Crippen LogP contribution in [0.15, 0.2) is 23.0 Å². The smallest absolute Gasteiger partial charge is 0.195 e. The highest BCUT2D eigenvalue weighted by molar-refractivity contribution is 5.87. The Morgan fingerprint density at radius 3 is 2.47 bits per heavy atom. The normalized spacial score (nSPS) is 10.8. The van der Waals surface area contributed by atoms with Crippen LogP contribution in [-0.4, -0.2) is 25.3 Å². The molecule has 0 unspecified atom stereocenters. The molecule has 0 atom stereocenters. The molecule has 1 heterocycles. The zero-order valence-corrected chi connectivity index (χ0v) is 11.4. The minimum absolute atomic E-state index is 0.0234. The van der Waals surface area contributed by atoms with Crippen molar-refractivity contribution in [2.24, 2.45) is 0 Å². The fraction of sp³-hybridized carbons (Fsp3) is 0.357. The molecule has 2 aromatic rings. The molecule has 5 heteroatoms. The number of ether oxygens (including phenoxy) is 3. The molecule has 19 heavy (non-hydrogen) atoms. The Labute approximate surface area is 111 Å². The number of H-pyrrole nitrogens is 1. The predicted molar refractivity (Wildman–Crippen MR) is 73.4 cm³/mol. The standard InChI is InChI=1S/C14H17NO4/c1-8(2)19-12-7-10(16)9-5-6-11(17-3)14(18-4)13(9)15-12/h5-8H,1-4H3,(H,15,16). The summed E-state index contributed by atoms with van der Waals surface area (Å²) in [6.07, 6.45) is -0.0234. The van der Waals surface area contributed by atoms with Gasteiger partial charge in [-0.05, 0) is 26.0 Å². The van der Waals surface area contributed by atoms with Crippen molar-refractivity contribution in [1.29, 1.82) is 0 Å². The summed E-state index contributed by atoms with van der Waals surface area (Å²) in [6.45, 7) is 3.79. The minimum Gasteiger partial charge on any atom is -0.493 e. The van der Waals surface area contributed by atoms with Crippen molar-refractivity contribution in [3.63, 3.8) is 0 Å². The van der Waals surface area contributed by atoms with Crippen LogP contribution < -0.4 is 19.6 Å². The third-order valence-corrected chi connectivity index (χ3v) is 2.68. The van der Waals surface area contributed by atoms with Crippen LogP contribution in [0.5, 0.6) is 17.4 Å². The summed E-state index contributed by atoms with van der Waals surface area (Å²) < 4.78 is 16.1. The van der Waals surface area contributed by atoms with E-state index < -0.39 is 0 Å². The van der Waals surface area contributed by atoms with Gasteiger partial charge in [0.05, 0.1) is 25.8 Å². The number of rotatable bonds is 4. The fourth-order valence-corrected chi connectivity index (χ4v) is 1.93. The molecule has 0 saturated carbocycles. The zero-order chi connectivity index (χ0) is 14.0. The number of nitrogens with one attached hydrogen (secondary N) is 1. The molecule has 0 bridgehead atoms. The molecule has 1 aromatic carbocycles. The first kappa shape index (κ1) is 13.3. The van der Waals surface area contributed by atoms with Crippen LogP contribution in [0.2, 0.25) is 0 Å². The first-order chi connectivity index (χ1) is 9.06. The minimum atomic E-state index is -0.120. The van der Waals surface area contributed by atoms with E-state index in [1.54, 1.807) is 19.2 Å². The van der Waals surface area contributed by atoms with E-state index in [-0.39, 0.29) is 11.5 Å². The lowest BCUT2D eigenvalue weighted by Gasteiger charge is -2.13. The van der Waals surface area contributed by atoms with Crippen LogP contribution in [0.4, 0.5) is 0 Å². The van der Waals surface area contributed by atoms with Gasteiger partial charge in [-0.3, -0.25) is 4.79 Å². The van der Waals surface area contributed by atoms with E-state index in [1.807, 2.05) is 13.8 Å². The average Bonchev–Trinajstić information content (AvgIpc) is 2.36. The largest absolute Gasteiger partial charge is 0.493 e. The number of hydrogen-bond donors (Lipinski definition) is 1. The molecule has 0 aliphatic heterocycles. The second kappa shape index (κ2) is 5.22. The van der Waals surface area contributed by atoms with Crippen molar-refractivity contribution in [3.05, 3.63) is 28.4 Å². The van der Waals surface area contributed by atoms with Crippen molar-refractivity contribution in [2.75, 3.05) is 14.2 Å². The number of fused-ring (bicyclic) bond motifs is 1. The second-order valence-corrected chi connectivity index (χ2v) is 4.39. The van der Waals surface area contributed by atoms with Gasteiger partial charge in [-0.2, -0.15) is 0 Å². The lowest BCUT2D eigenvalue weighted by molar-refractivity contribution is 0.233. The lowest BCUT2D eigenvalue weighted by atomic mass is 10.2. The Bertz CT molecular complexity index is 646. The van der Waals surface area contributed by atoms with Crippen molar-refractivity contribution >= 4 is 10.9 Å². The van der Waals surface area contributed by atoms with Crippen molar-refractivity contribution in [2.45, 2.75) is 20.0 Å². The molecule has 0 fully saturated rings. The highest BCUT2D eigenvalue weighted by atomic mass is 16.5. The van der Waals surface area contributed by atoms with E-state index in [2.05, 4.69) is 4.98 Å². The summed E-state index contributed by atoms with van der Waals surface area (Å²) in [6, 6.07) is 4.85. The highest BCUT2D eigenvalue weighted by Crippen LogP contribution is 2.33. The Kier molecular flexibility index (Phi) is 3.64. The zero-order valence-electron chi connectivity index (χ0n) is 11.4. The van der Waals surface area contributed by atoms with Crippen molar-refractivity contribution in [3.8, 4) is 17.4 Å². The lowest BCUT2D eigenvalue weighted by Crippen LogP contribution is -2.11. The maximum Gasteiger partial charge on any atom is 0.195 e. The molecular formula is C14H17NO4. The Morgan fingerprint density at radius 1 is 1.16 bits per heavy atom. The van der Waals surface area contributed by atoms with E-state index in [4.69, 9.17) is 14.2 Å². The van der Waals surface area contributed by atoms with Crippen LogP contribution in [0.3, 0.4) is 0 Å². The molecule has 0 aliphatic rings. The van der Waals surface area contributed by atoms with Crippen LogP contribution in [0.25, 0.3) is 10.9 Å². The number of benzene rings is 1. The molecule has 5 nitrogen and oxygen atoms in total. The summed E-state index contributed by atoms with van der Waals surface area (Å²) in [4.78, 5) is 15.1. The summed E-state index contributed by atoms with van der Waals surface area (Å²) in [5.74, 6) is 1.47. The molecule has 0 radical (unpaired) electrons. The topological polar surface area (TPSA) is 60.5 Å². The highest BCUT2D eigenvalue weighted by Gasteiger charge is 2.13. The van der Waals surface area contributed by atoms with E-state index in [9.17, 15) is 4.79 Å². The van der Waals surface area contributed by atoms with Crippen LogP contribution in [0.1, 0.15) is 13.8 Å². The molecule has 2 rings (SSSR count). The Hall–Kier alpha value is -2.17. The maximum absolute atomic E-state index is 12.1. The SMILES string of the molecule is COc1ccc2c(=O)cc(OC(C)C)[nH]c2c1OC. The van der Waals surface area contributed by atoms with E-state index in [1.165, 1.54) is 13.2 Å². The fourth-order valence-electron chi connectivity index (χ4n) is 1.93. The number of pyridine rings is 1. The van der Waals surface area contributed by atoms with Gasteiger partial charge in [0.1, 0.15) is 0 Å². The maximum atomic E-state index is 12.1. The van der Waals surface area contributed by atoms with E-state index >= 15 is 0 Å². The van der Waals surface area contributed by atoms with Gasteiger partial charge in [0.2, 0.25) is 0 Å². The van der Waals surface area contributed by atoms with Gasteiger partial charge in [0, 0.05) is 11.5 Å². The van der Waals surface area contributed by atoms with Gasteiger partial charge in [-0.25, -0.2) is 0 Å². The number of methoxy groups -OCH3 is 2. The van der Waals surface area contributed by atoms with Crippen LogP contribution in [-0.2, 0) is 0 Å². The first-order valence-corrected chi connectivity index (χ1v) is 6.01.